The topological polar surface area (TPSA) is 66.5 Å². The minimum Gasteiger partial charge on any atom is -0.508 e. The van der Waals surface area contributed by atoms with Gasteiger partial charge in [0.05, 0.1) is 0 Å². The molecule has 1 atom stereocenters. The predicted molar refractivity (Wildman–Crippen MR) is 51.4 cm³/mol. The second kappa shape index (κ2) is 4.39. The molecule has 0 saturated heterocycles. The van der Waals surface area contributed by atoms with E-state index in [1.807, 2.05) is 0 Å². The molecule has 4 heteroatoms. The molecule has 0 spiro atoms. The zero-order chi connectivity index (χ0) is 10.7. The fraction of sp³-hybridized carbons (Fsp3) is 0.400. The zero-order valence-corrected chi connectivity index (χ0v) is 8.00. The van der Waals surface area contributed by atoms with Gasteiger partial charge in [-0.05, 0) is 31.0 Å². The van der Waals surface area contributed by atoms with E-state index in [0.717, 1.165) is 0 Å². The van der Waals surface area contributed by atoms with Crippen molar-refractivity contribution in [2.24, 2.45) is 5.73 Å². The largest absolute Gasteiger partial charge is 0.508 e. The summed E-state index contributed by atoms with van der Waals surface area (Å²) in [5.74, 6) is -0.420. The van der Waals surface area contributed by atoms with Crippen LogP contribution in [0.5, 0.6) is 5.75 Å². The van der Waals surface area contributed by atoms with E-state index in [1.165, 1.54) is 12.1 Å². The molecule has 0 aromatic heterocycles. The summed E-state index contributed by atoms with van der Waals surface area (Å²) in [7, 11) is 0. The molecule has 14 heavy (non-hydrogen) atoms. The van der Waals surface area contributed by atoms with Crippen molar-refractivity contribution in [1.29, 1.82) is 0 Å². The Bertz CT molecular complexity index is 328. The van der Waals surface area contributed by atoms with Crippen molar-refractivity contribution in [2.45, 2.75) is 19.4 Å². The molecule has 0 heterocycles. The number of aromatic hydroxyl groups is 1. The Labute approximate surface area is 82.0 Å². The Hall–Kier alpha value is -1.13. The molecule has 0 saturated carbocycles. The van der Waals surface area contributed by atoms with Gasteiger partial charge in [0.25, 0.3) is 0 Å². The predicted octanol–water partition coefficient (Wildman–Crippen LogP) is 1.22. The number of rotatable bonds is 3. The maximum atomic E-state index is 13.3. The fourth-order valence-corrected chi connectivity index (χ4v) is 1.26. The SMILES string of the molecule is Cc1cc(F)c(C(N)CCO)cc1O. The Morgan fingerprint density at radius 2 is 2.14 bits per heavy atom. The Balaban J connectivity index is 3.02. The molecule has 1 unspecified atom stereocenters. The fourth-order valence-electron chi connectivity index (χ4n) is 1.26. The minimum atomic E-state index is -0.577. The molecule has 1 rings (SSSR count). The van der Waals surface area contributed by atoms with Gasteiger partial charge in [-0.1, -0.05) is 0 Å². The number of hydrogen-bond donors (Lipinski definition) is 3. The lowest BCUT2D eigenvalue weighted by Gasteiger charge is -2.12. The van der Waals surface area contributed by atoms with E-state index in [4.69, 9.17) is 10.8 Å². The van der Waals surface area contributed by atoms with Crippen LogP contribution in [-0.4, -0.2) is 16.8 Å². The van der Waals surface area contributed by atoms with E-state index >= 15 is 0 Å². The Kier molecular flexibility index (Phi) is 3.43. The first-order valence-electron chi connectivity index (χ1n) is 4.41. The lowest BCUT2D eigenvalue weighted by molar-refractivity contribution is 0.275. The van der Waals surface area contributed by atoms with Crippen LogP contribution in [0.25, 0.3) is 0 Å². The van der Waals surface area contributed by atoms with Crippen LogP contribution in [0.1, 0.15) is 23.6 Å². The molecule has 0 aliphatic heterocycles. The average Bonchev–Trinajstić information content (AvgIpc) is 2.11. The summed E-state index contributed by atoms with van der Waals surface area (Å²) in [5, 5.41) is 18.0. The molecule has 0 bridgehead atoms. The summed E-state index contributed by atoms with van der Waals surface area (Å²) in [5.41, 5.74) is 6.33. The van der Waals surface area contributed by atoms with Crippen molar-refractivity contribution in [3.8, 4) is 5.75 Å². The highest BCUT2D eigenvalue weighted by molar-refractivity contribution is 5.37. The van der Waals surface area contributed by atoms with E-state index in [2.05, 4.69) is 0 Å². The standard InChI is InChI=1S/C10H14FNO2/c1-6-4-8(11)7(5-10(6)14)9(12)2-3-13/h4-5,9,13-14H,2-3,12H2,1H3. The van der Waals surface area contributed by atoms with Gasteiger partial charge >= 0.3 is 0 Å². The highest BCUT2D eigenvalue weighted by atomic mass is 19.1. The first kappa shape index (κ1) is 10.9. The number of aliphatic hydroxyl groups excluding tert-OH is 1. The van der Waals surface area contributed by atoms with Crippen LogP contribution in [0, 0.1) is 12.7 Å². The second-order valence-corrected chi connectivity index (χ2v) is 3.28. The summed E-state index contributed by atoms with van der Waals surface area (Å²) in [6, 6.07) is 1.97. The van der Waals surface area contributed by atoms with Gasteiger partial charge in [0.15, 0.2) is 0 Å². The van der Waals surface area contributed by atoms with Gasteiger partial charge in [0.2, 0.25) is 0 Å². The number of aliphatic hydroxyl groups is 1. The van der Waals surface area contributed by atoms with Crippen molar-refractivity contribution in [3.05, 3.63) is 29.1 Å². The molecular weight excluding hydrogens is 185 g/mol. The smallest absolute Gasteiger partial charge is 0.128 e. The molecule has 1 aromatic rings. The monoisotopic (exact) mass is 199 g/mol. The van der Waals surface area contributed by atoms with E-state index in [1.54, 1.807) is 6.92 Å². The normalized spacial score (nSPS) is 12.9. The highest BCUT2D eigenvalue weighted by Crippen LogP contribution is 2.25. The number of benzene rings is 1. The summed E-state index contributed by atoms with van der Waals surface area (Å²) < 4.78 is 13.3. The third-order valence-corrected chi connectivity index (χ3v) is 2.15. The maximum absolute atomic E-state index is 13.3. The molecular formula is C10H14FNO2. The molecule has 0 aliphatic rings. The lowest BCUT2D eigenvalue weighted by atomic mass is 10.0. The highest BCUT2D eigenvalue weighted by Gasteiger charge is 2.13. The van der Waals surface area contributed by atoms with Crippen LogP contribution in [0.2, 0.25) is 0 Å². The number of phenols is 1. The molecule has 0 fully saturated rings. The van der Waals surface area contributed by atoms with Crippen molar-refractivity contribution in [3.63, 3.8) is 0 Å². The van der Waals surface area contributed by atoms with Crippen molar-refractivity contribution < 1.29 is 14.6 Å². The Morgan fingerprint density at radius 3 is 2.71 bits per heavy atom. The third kappa shape index (κ3) is 2.21. The van der Waals surface area contributed by atoms with Gasteiger partial charge in [0.1, 0.15) is 11.6 Å². The molecule has 0 radical (unpaired) electrons. The first-order chi connectivity index (χ1) is 6.56. The molecule has 4 N–H and O–H groups in total. The second-order valence-electron chi connectivity index (χ2n) is 3.28. The van der Waals surface area contributed by atoms with Crippen LogP contribution >= 0.6 is 0 Å². The van der Waals surface area contributed by atoms with E-state index in [9.17, 15) is 9.50 Å². The molecule has 3 nitrogen and oxygen atoms in total. The van der Waals surface area contributed by atoms with Crippen LogP contribution < -0.4 is 5.73 Å². The number of phenolic OH excluding ortho intramolecular Hbond substituents is 1. The first-order valence-corrected chi connectivity index (χ1v) is 4.41. The summed E-state index contributed by atoms with van der Waals surface area (Å²) in [6.45, 7) is 1.51. The van der Waals surface area contributed by atoms with Gasteiger partial charge in [0, 0.05) is 18.2 Å². The number of nitrogens with two attached hydrogens (primary N) is 1. The lowest BCUT2D eigenvalue weighted by Crippen LogP contribution is -2.13. The van der Waals surface area contributed by atoms with E-state index in [-0.39, 0.29) is 24.3 Å². The number of hydrogen-bond acceptors (Lipinski definition) is 3. The summed E-state index contributed by atoms with van der Waals surface area (Å²) in [4.78, 5) is 0. The maximum Gasteiger partial charge on any atom is 0.128 e. The van der Waals surface area contributed by atoms with Crippen LogP contribution in [0.15, 0.2) is 12.1 Å². The van der Waals surface area contributed by atoms with Gasteiger partial charge in [-0.3, -0.25) is 0 Å². The summed E-state index contributed by atoms with van der Waals surface area (Å²) >= 11 is 0. The van der Waals surface area contributed by atoms with Gasteiger partial charge in [-0.2, -0.15) is 0 Å². The number of aryl methyl sites for hydroxylation is 1. The quantitative estimate of drug-likeness (QED) is 0.685. The average molecular weight is 199 g/mol. The van der Waals surface area contributed by atoms with E-state index in [0.29, 0.717) is 5.56 Å². The molecule has 1 aromatic carbocycles. The molecule has 0 amide bonds. The molecule has 78 valence electrons. The zero-order valence-electron chi connectivity index (χ0n) is 8.00. The van der Waals surface area contributed by atoms with Gasteiger partial charge in [-0.25, -0.2) is 4.39 Å². The summed E-state index contributed by atoms with van der Waals surface area (Å²) in [6.07, 6.45) is 0.277. The van der Waals surface area contributed by atoms with Crippen molar-refractivity contribution in [1.82, 2.24) is 0 Å². The number of halogens is 1. The van der Waals surface area contributed by atoms with Crippen LogP contribution in [0.3, 0.4) is 0 Å². The van der Waals surface area contributed by atoms with Gasteiger partial charge < -0.3 is 15.9 Å². The van der Waals surface area contributed by atoms with Gasteiger partial charge in [-0.15, -0.1) is 0 Å². The van der Waals surface area contributed by atoms with E-state index < -0.39 is 11.9 Å². The molecule has 0 aliphatic carbocycles. The van der Waals surface area contributed by atoms with Crippen LogP contribution in [0.4, 0.5) is 4.39 Å². The Morgan fingerprint density at radius 1 is 1.50 bits per heavy atom. The minimum absolute atomic E-state index is 0.0230. The van der Waals surface area contributed by atoms with Crippen LogP contribution in [-0.2, 0) is 0 Å². The van der Waals surface area contributed by atoms with Crippen molar-refractivity contribution >= 4 is 0 Å². The third-order valence-electron chi connectivity index (χ3n) is 2.15. The van der Waals surface area contributed by atoms with Crippen molar-refractivity contribution in [2.75, 3.05) is 6.61 Å².